The number of carboxylic acids is 1. The van der Waals surface area contributed by atoms with E-state index in [2.05, 4.69) is 5.32 Å². The number of hydrogen-bond acceptors (Lipinski definition) is 4. The van der Waals surface area contributed by atoms with E-state index in [9.17, 15) is 9.59 Å². The molecule has 1 aliphatic carbocycles. The van der Waals surface area contributed by atoms with Crippen molar-refractivity contribution < 1.29 is 24.2 Å². The smallest absolute Gasteiger partial charge is 0.305 e. The summed E-state index contributed by atoms with van der Waals surface area (Å²) in [5, 5.41) is 12.1. The molecule has 1 aromatic carbocycles. The van der Waals surface area contributed by atoms with Crippen LogP contribution >= 0.6 is 0 Å². The molecule has 0 atom stereocenters. The summed E-state index contributed by atoms with van der Waals surface area (Å²) in [6.45, 7) is 3.83. The third kappa shape index (κ3) is 4.40. The molecule has 24 heavy (non-hydrogen) atoms. The minimum Gasteiger partial charge on any atom is -0.493 e. The average molecular weight is 335 g/mol. The summed E-state index contributed by atoms with van der Waals surface area (Å²) in [5.74, 6) is -0.122. The number of hydrogen-bond donors (Lipinski definition) is 2. The fourth-order valence-electron chi connectivity index (χ4n) is 3.16. The third-order valence-electron chi connectivity index (χ3n) is 4.22. The Morgan fingerprint density at radius 3 is 2.46 bits per heavy atom. The summed E-state index contributed by atoms with van der Waals surface area (Å²) in [6.07, 6.45) is 3.18. The minimum atomic E-state index is -0.893. The SMILES string of the molecule is COc1cc(C(=O)NC2(CC(=O)O)CCCC2)ccc1OC(C)C. The summed E-state index contributed by atoms with van der Waals surface area (Å²) in [7, 11) is 1.52. The van der Waals surface area contributed by atoms with Gasteiger partial charge in [0, 0.05) is 5.56 Å². The normalized spacial score (nSPS) is 16.0. The van der Waals surface area contributed by atoms with Crippen LogP contribution in [0.25, 0.3) is 0 Å². The molecule has 132 valence electrons. The van der Waals surface area contributed by atoms with Gasteiger partial charge in [-0.2, -0.15) is 0 Å². The summed E-state index contributed by atoms with van der Waals surface area (Å²) in [4.78, 5) is 23.7. The van der Waals surface area contributed by atoms with E-state index in [1.165, 1.54) is 7.11 Å². The highest BCUT2D eigenvalue weighted by molar-refractivity contribution is 5.95. The number of carbonyl (C=O) groups excluding carboxylic acids is 1. The van der Waals surface area contributed by atoms with Gasteiger partial charge < -0.3 is 19.9 Å². The van der Waals surface area contributed by atoms with Crippen molar-refractivity contribution in [3.05, 3.63) is 23.8 Å². The summed E-state index contributed by atoms with van der Waals surface area (Å²) >= 11 is 0. The number of methoxy groups -OCH3 is 1. The average Bonchev–Trinajstić information content (AvgIpc) is 2.94. The van der Waals surface area contributed by atoms with Crippen LogP contribution in [0.15, 0.2) is 18.2 Å². The maximum atomic E-state index is 12.6. The molecule has 2 rings (SSSR count). The Morgan fingerprint density at radius 2 is 1.92 bits per heavy atom. The van der Waals surface area contributed by atoms with Crippen LogP contribution in [-0.4, -0.2) is 35.7 Å². The first kappa shape index (κ1) is 18.1. The van der Waals surface area contributed by atoms with E-state index < -0.39 is 11.5 Å². The topological polar surface area (TPSA) is 84.9 Å². The Kier molecular flexibility index (Phi) is 5.70. The molecule has 1 amide bonds. The van der Waals surface area contributed by atoms with Crippen LogP contribution < -0.4 is 14.8 Å². The maximum absolute atomic E-state index is 12.6. The highest BCUT2D eigenvalue weighted by atomic mass is 16.5. The number of amides is 1. The quantitative estimate of drug-likeness (QED) is 0.800. The molecule has 6 heteroatoms. The van der Waals surface area contributed by atoms with Crippen LogP contribution in [0, 0.1) is 0 Å². The van der Waals surface area contributed by atoms with Gasteiger partial charge in [0.25, 0.3) is 5.91 Å². The van der Waals surface area contributed by atoms with Crippen molar-refractivity contribution in [2.75, 3.05) is 7.11 Å². The van der Waals surface area contributed by atoms with Gasteiger partial charge in [0.2, 0.25) is 0 Å². The van der Waals surface area contributed by atoms with Crippen molar-refractivity contribution in [2.24, 2.45) is 0 Å². The Labute approximate surface area is 142 Å². The first-order valence-corrected chi connectivity index (χ1v) is 8.24. The number of carbonyl (C=O) groups is 2. The first-order chi connectivity index (χ1) is 11.3. The summed E-state index contributed by atoms with van der Waals surface area (Å²) in [5.41, 5.74) is -0.219. The molecule has 1 aliphatic rings. The second kappa shape index (κ2) is 7.55. The fraction of sp³-hybridized carbons (Fsp3) is 0.556. The summed E-state index contributed by atoms with van der Waals surface area (Å²) in [6, 6.07) is 4.99. The summed E-state index contributed by atoms with van der Waals surface area (Å²) < 4.78 is 10.9. The molecular weight excluding hydrogens is 310 g/mol. The van der Waals surface area contributed by atoms with E-state index in [4.69, 9.17) is 14.6 Å². The van der Waals surface area contributed by atoms with Crippen LogP contribution in [0.4, 0.5) is 0 Å². The van der Waals surface area contributed by atoms with Crippen LogP contribution in [0.2, 0.25) is 0 Å². The Hall–Kier alpha value is -2.24. The van der Waals surface area contributed by atoms with E-state index in [0.717, 1.165) is 12.8 Å². The van der Waals surface area contributed by atoms with Crippen molar-refractivity contribution >= 4 is 11.9 Å². The van der Waals surface area contributed by atoms with Crippen LogP contribution in [0.1, 0.15) is 56.3 Å². The third-order valence-corrected chi connectivity index (χ3v) is 4.22. The Bertz CT molecular complexity index is 605. The van der Waals surface area contributed by atoms with Gasteiger partial charge in [-0.1, -0.05) is 12.8 Å². The molecule has 0 spiro atoms. The zero-order valence-corrected chi connectivity index (χ0v) is 14.4. The molecule has 0 saturated heterocycles. The Balaban J connectivity index is 2.18. The molecule has 1 aromatic rings. The molecule has 6 nitrogen and oxygen atoms in total. The molecule has 0 heterocycles. The Morgan fingerprint density at radius 1 is 1.25 bits per heavy atom. The zero-order chi connectivity index (χ0) is 17.7. The van der Waals surface area contributed by atoms with Crippen molar-refractivity contribution in [3.63, 3.8) is 0 Å². The van der Waals surface area contributed by atoms with Crippen LogP contribution in [0.5, 0.6) is 11.5 Å². The maximum Gasteiger partial charge on any atom is 0.305 e. The molecule has 2 N–H and O–H groups in total. The van der Waals surface area contributed by atoms with Gasteiger partial charge in [0.15, 0.2) is 11.5 Å². The van der Waals surface area contributed by atoms with E-state index in [0.29, 0.717) is 29.9 Å². The zero-order valence-electron chi connectivity index (χ0n) is 14.4. The molecule has 0 unspecified atom stereocenters. The molecule has 1 saturated carbocycles. The van der Waals surface area contributed by atoms with E-state index in [1.54, 1.807) is 18.2 Å². The number of nitrogens with one attached hydrogen (secondary N) is 1. The highest BCUT2D eigenvalue weighted by Gasteiger charge is 2.37. The van der Waals surface area contributed by atoms with Gasteiger partial charge in [-0.15, -0.1) is 0 Å². The lowest BCUT2D eigenvalue weighted by Crippen LogP contribution is -2.47. The standard InChI is InChI=1S/C18H25NO5/c1-12(2)24-14-7-6-13(10-15(14)23-3)17(22)19-18(11-16(20)21)8-4-5-9-18/h6-7,10,12H,4-5,8-9,11H2,1-3H3,(H,19,22)(H,20,21). The van der Waals surface area contributed by atoms with Crippen molar-refractivity contribution in [2.45, 2.75) is 57.6 Å². The second-order valence-electron chi connectivity index (χ2n) is 6.54. The van der Waals surface area contributed by atoms with E-state index >= 15 is 0 Å². The van der Waals surface area contributed by atoms with Gasteiger partial charge in [0.1, 0.15) is 0 Å². The molecule has 0 aliphatic heterocycles. The van der Waals surface area contributed by atoms with Gasteiger partial charge in [-0.25, -0.2) is 0 Å². The lowest BCUT2D eigenvalue weighted by molar-refractivity contribution is -0.138. The minimum absolute atomic E-state index is 0.00380. The predicted molar refractivity (Wildman–Crippen MR) is 89.7 cm³/mol. The van der Waals surface area contributed by atoms with E-state index in [-0.39, 0.29) is 18.4 Å². The molecule has 0 aromatic heterocycles. The van der Waals surface area contributed by atoms with Gasteiger partial charge in [0.05, 0.1) is 25.2 Å². The number of ether oxygens (including phenoxy) is 2. The fourth-order valence-corrected chi connectivity index (χ4v) is 3.16. The number of rotatable bonds is 7. The number of benzene rings is 1. The van der Waals surface area contributed by atoms with Crippen molar-refractivity contribution in [3.8, 4) is 11.5 Å². The van der Waals surface area contributed by atoms with Crippen LogP contribution in [0.3, 0.4) is 0 Å². The molecular formula is C18H25NO5. The van der Waals surface area contributed by atoms with Gasteiger partial charge in [-0.3, -0.25) is 9.59 Å². The predicted octanol–water partition coefficient (Wildman–Crippen LogP) is 3.00. The first-order valence-electron chi connectivity index (χ1n) is 8.24. The molecule has 1 fully saturated rings. The van der Waals surface area contributed by atoms with Gasteiger partial charge in [-0.05, 0) is 44.9 Å². The monoisotopic (exact) mass is 335 g/mol. The highest BCUT2D eigenvalue weighted by Crippen LogP contribution is 2.34. The second-order valence-corrected chi connectivity index (χ2v) is 6.54. The number of aliphatic carboxylic acids is 1. The molecule has 0 radical (unpaired) electrons. The lowest BCUT2D eigenvalue weighted by atomic mass is 9.92. The van der Waals surface area contributed by atoms with Crippen molar-refractivity contribution in [1.82, 2.24) is 5.32 Å². The van der Waals surface area contributed by atoms with E-state index in [1.807, 2.05) is 13.8 Å². The van der Waals surface area contributed by atoms with Gasteiger partial charge >= 0.3 is 5.97 Å². The lowest BCUT2D eigenvalue weighted by Gasteiger charge is -2.28. The van der Waals surface area contributed by atoms with Crippen molar-refractivity contribution in [1.29, 1.82) is 0 Å². The van der Waals surface area contributed by atoms with Crippen LogP contribution in [-0.2, 0) is 4.79 Å². The largest absolute Gasteiger partial charge is 0.493 e. The molecule has 0 bridgehead atoms. The number of carboxylic acid groups (broad SMARTS) is 1.